The van der Waals surface area contributed by atoms with E-state index in [2.05, 4.69) is 16.4 Å². The topological polar surface area (TPSA) is 42.8 Å². The maximum atomic E-state index is 5.38. The number of hydrogen-bond acceptors (Lipinski definition) is 4. The standard InChI is InChI=1S/C22H22N2O2/c1-25-21-9-5-3-7-17(21)15-23-19-11-13-20(14-12-19)24-16-18-8-4-6-10-22(18)26-2/h3-15,24H,16H2,1-2H3. The molecule has 1 N–H and O–H groups in total. The SMILES string of the molecule is COc1ccccc1C=Nc1ccc(NCc2ccccc2OC)cc1. The highest BCUT2D eigenvalue weighted by molar-refractivity contribution is 5.85. The van der Waals surface area contributed by atoms with Gasteiger partial charge in [-0.25, -0.2) is 0 Å². The van der Waals surface area contributed by atoms with Crippen LogP contribution in [0.2, 0.25) is 0 Å². The number of aliphatic imine (C=N–C) groups is 1. The summed E-state index contributed by atoms with van der Waals surface area (Å²) in [6, 6.07) is 23.8. The molecule has 3 aromatic carbocycles. The minimum atomic E-state index is 0.702. The van der Waals surface area contributed by atoms with Crippen LogP contribution in [0.15, 0.2) is 77.8 Å². The third-order valence-corrected chi connectivity index (χ3v) is 4.03. The number of nitrogens with zero attached hydrogens (tertiary/aromatic N) is 1. The summed E-state index contributed by atoms with van der Waals surface area (Å²) in [4.78, 5) is 4.52. The van der Waals surface area contributed by atoms with Gasteiger partial charge in [0.05, 0.1) is 19.9 Å². The molecule has 0 unspecified atom stereocenters. The normalized spacial score (nSPS) is 10.7. The summed E-state index contributed by atoms with van der Waals surface area (Å²) in [7, 11) is 3.35. The van der Waals surface area contributed by atoms with Crippen molar-refractivity contribution in [3.63, 3.8) is 0 Å². The van der Waals surface area contributed by atoms with Crippen LogP contribution in [0.25, 0.3) is 0 Å². The minimum absolute atomic E-state index is 0.702. The molecule has 0 spiro atoms. The quantitative estimate of drug-likeness (QED) is 0.608. The van der Waals surface area contributed by atoms with Gasteiger partial charge in [-0.05, 0) is 42.5 Å². The number of para-hydroxylation sites is 2. The predicted octanol–water partition coefficient (Wildman–Crippen LogP) is 5.07. The molecule has 3 rings (SSSR count). The van der Waals surface area contributed by atoms with Gasteiger partial charge in [0.1, 0.15) is 11.5 Å². The molecule has 0 fully saturated rings. The maximum Gasteiger partial charge on any atom is 0.127 e. The van der Waals surface area contributed by atoms with E-state index in [0.29, 0.717) is 6.54 Å². The zero-order valence-corrected chi connectivity index (χ0v) is 15.0. The molecule has 0 radical (unpaired) electrons. The Morgan fingerprint density at radius 3 is 2.19 bits per heavy atom. The lowest BCUT2D eigenvalue weighted by molar-refractivity contribution is 0.410. The average molecular weight is 346 g/mol. The zero-order valence-electron chi connectivity index (χ0n) is 15.0. The van der Waals surface area contributed by atoms with E-state index in [9.17, 15) is 0 Å². The molecule has 0 heterocycles. The van der Waals surface area contributed by atoms with Crippen LogP contribution >= 0.6 is 0 Å². The number of benzene rings is 3. The Labute approximate surface area is 154 Å². The van der Waals surface area contributed by atoms with E-state index in [1.165, 1.54) is 0 Å². The van der Waals surface area contributed by atoms with Gasteiger partial charge < -0.3 is 14.8 Å². The Kier molecular flexibility index (Phi) is 5.88. The first kappa shape index (κ1) is 17.5. The summed E-state index contributed by atoms with van der Waals surface area (Å²) in [5.41, 5.74) is 3.99. The van der Waals surface area contributed by atoms with Crippen LogP contribution in [0.1, 0.15) is 11.1 Å². The molecule has 3 aromatic rings. The smallest absolute Gasteiger partial charge is 0.127 e. The van der Waals surface area contributed by atoms with Crippen molar-refractivity contribution in [2.75, 3.05) is 19.5 Å². The van der Waals surface area contributed by atoms with Gasteiger partial charge in [-0.3, -0.25) is 4.99 Å². The molecule has 0 aliphatic rings. The first-order chi connectivity index (χ1) is 12.8. The molecule has 0 saturated heterocycles. The van der Waals surface area contributed by atoms with Crippen LogP contribution in [0.5, 0.6) is 11.5 Å². The number of hydrogen-bond donors (Lipinski definition) is 1. The van der Waals surface area contributed by atoms with Gasteiger partial charge >= 0.3 is 0 Å². The molecule has 4 nitrogen and oxygen atoms in total. The molecular weight excluding hydrogens is 324 g/mol. The Morgan fingerprint density at radius 2 is 1.46 bits per heavy atom. The molecule has 0 aromatic heterocycles. The van der Waals surface area contributed by atoms with Gasteiger partial charge in [0, 0.05) is 29.6 Å². The fourth-order valence-electron chi connectivity index (χ4n) is 2.63. The van der Waals surface area contributed by atoms with Crippen LogP contribution in [0.3, 0.4) is 0 Å². The lowest BCUT2D eigenvalue weighted by atomic mass is 10.2. The molecule has 0 aliphatic carbocycles. The fraction of sp³-hybridized carbons (Fsp3) is 0.136. The third kappa shape index (κ3) is 4.42. The van der Waals surface area contributed by atoms with Crippen LogP contribution in [-0.2, 0) is 6.54 Å². The molecular formula is C22H22N2O2. The second kappa shape index (κ2) is 8.72. The van der Waals surface area contributed by atoms with E-state index >= 15 is 0 Å². The van der Waals surface area contributed by atoms with Gasteiger partial charge in [-0.15, -0.1) is 0 Å². The number of nitrogens with one attached hydrogen (secondary N) is 1. The predicted molar refractivity (Wildman–Crippen MR) is 107 cm³/mol. The van der Waals surface area contributed by atoms with Gasteiger partial charge in [0.15, 0.2) is 0 Å². The molecule has 132 valence electrons. The number of ether oxygens (including phenoxy) is 2. The van der Waals surface area contributed by atoms with Crippen molar-refractivity contribution in [3.05, 3.63) is 83.9 Å². The second-order valence-electron chi connectivity index (χ2n) is 5.71. The van der Waals surface area contributed by atoms with E-state index in [1.807, 2.05) is 72.9 Å². The van der Waals surface area contributed by atoms with Crippen LogP contribution in [0, 0.1) is 0 Å². The maximum absolute atomic E-state index is 5.38. The number of rotatable bonds is 7. The summed E-state index contributed by atoms with van der Waals surface area (Å²) >= 11 is 0. The molecule has 0 amide bonds. The monoisotopic (exact) mass is 346 g/mol. The van der Waals surface area contributed by atoms with Gasteiger partial charge in [0.25, 0.3) is 0 Å². The van der Waals surface area contributed by atoms with Crippen molar-refractivity contribution in [2.24, 2.45) is 4.99 Å². The molecule has 0 atom stereocenters. The Balaban J connectivity index is 1.64. The summed E-state index contributed by atoms with van der Waals surface area (Å²) in [6.45, 7) is 0.702. The average Bonchev–Trinajstić information content (AvgIpc) is 2.72. The lowest BCUT2D eigenvalue weighted by Gasteiger charge is -2.10. The van der Waals surface area contributed by atoms with E-state index in [-0.39, 0.29) is 0 Å². The van der Waals surface area contributed by atoms with E-state index in [0.717, 1.165) is 34.0 Å². The summed E-state index contributed by atoms with van der Waals surface area (Å²) in [6.07, 6.45) is 1.82. The van der Waals surface area contributed by atoms with Gasteiger partial charge in [-0.1, -0.05) is 30.3 Å². The van der Waals surface area contributed by atoms with E-state index < -0.39 is 0 Å². The number of anilines is 1. The third-order valence-electron chi connectivity index (χ3n) is 4.03. The minimum Gasteiger partial charge on any atom is -0.496 e. The molecule has 0 saturated carbocycles. The highest BCUT2D eigenvalue weighted by Gasteiger charge is 2.01. The van der Waals surface area contributed by atoms with Crippen molar-refractivity contribution in [1.82, 2.24) is 0 Å². The Morgan fingerprint density at radius 1 is 0.808 bits per heavy atom. The van der Waals surface area contributed by atoms with Crippen LogP contribution in [-0.4, -0.2) is 20.4 Å². The van der Waals surface area contributed by atoms with Crippen molar-refractivity contribution < 1.29 is 9.47 Å². The van der Waals surface area contributed by atoms with E-state index in [4.69, 9.17) is 9.47 Å². The highest BCUT2D eigenvalue weighted by atomic mass is 16.5. The van der Waals surface area contributed by atoms with Gasteiger partial charge in [0.2, 0.25) is 0 Å². The first-order valence-corrected chi connectivity index (χ1v) is 8.43. The van der Waals surface area contributed by atoms with Crippen molar-refractivity contribution >= 4 is 17.6 Å². The van der Waals surface area contributed by atoms with Crippen molar-refractivity contribution in [1.29, 1.82) is 0 Å². The van der Waals surface area contributed by atoms with Gasteiger partial charge in [-0.2, -0.15) is 0 Å². The fourth-order valence-corrected chi connectivity index (χ4v) is 2.63. The largest absolute Gasteiger partial charge is 0.496 e. The van der Waals surface area contributed by atoms with Crippen LogP contribution in [0.4, 0.5) is 11.4 Å². The second-order valence-corrected chi connectivity index (χ2v) is 5.71. The molecule has 4 heteroatoms. The Hall–Kier alpha value is -3.27. The molecule has 0 aliphatic heterocycles. The first-order valence-electron chi connectivity index (χ1n) is 8.43. The van der Waals surface area contributed by atoms with Crippen LogP contribution < -0.4 is 14.8 Å². The van der Waals surface area contributed by atoms with Crippen molar-refractivity contribution in [2.45, 2.75) is 6.54 Å². The lowest BCUT2D eigenvalue weighted by Crippen LogP contribution is -2.01. The highest BCUT2D eigenvalue weighted by Crippen LogP contribution is 2.21. The van der Waals surface area contributed by atoms with E-state index in [1.54, 1.807) is 14.2 Å². The number of methoxy groups -OCH3 is 2. The summed E-state index contributed by atoms with van der Waals surface area (Å²) in [5.74, 6) is 1.70. The Bertz CT molecular complexity index is 873. The summed E-state index contributed by atoms with van der Waals surface area (Å²) < 4.78 is 10.7. The van der Waals surface area contributed by atoms with Crippen molar-refractivity contribution in [3.8, 4) is 11.5 Å². The summed E-state index contributed by atoms with van der Waals surface area (Å²) in [5, 5.41) is 3.40. The zero-order chi connectivity index (χ0) is 18.2. The molecule has 0 bridgehead atoms. The molecule has 26 heavy (non-hydrogen) atoms.